The topological polar surface area (TPSA) is 135 Å². The van der Waals surface area contributed by atoms with E-state index in [1.807, 2.05) is 44.4 Å². The first-order valence-corrected chi connectivity index (χ1v) is 11.9. The van der Waals surface area contributed by atoms with Crippen molar-refractivity contribution in [1.82, 2.24) is 25.1 Å². The van der Waals surface area contributed by atoms with E-state index in [-0.39, 0.29) is 17.5 Å². The van der Waals surface area contributed by atoms with Gasteiger partial charge in [-0.15, -0.1) is 0 Å². The Morgan fingerprint density at radius 1 is 1.27 bits per heavy atom. The van der Waals surface area contributed by atoms with Gasteiger partial charge in [0.15, 0.2) is 0 Å². The van der Waals surface area contributed by atoms with E-state index >= 15 is 0 Å². The predicted octanol–water partition coefficient (Wildman–Crippen LogP) is 2.78. The first-order valence-electron chi connectivity index (χ1n) is 11.9. The molecule has 1 aliphatic rings. The maximum Gasteiger partial charge on any atom is 0.274 e. The number of amides is 1. The lowest BCUT2D eigenvalue weighted by atomic mass is 10.1. The Balaban J connectivity index is 1.53. The molecule has 1 atom stereocenters. The number of phenols is 1. The molecule has 1 amide bonds. The van der Waals surface area contributed by atoms with Gasteiger partial charge in [0.05, 0.1) is 24.4 Å². The van der Waals surface area contributed by atoms with Gasteiger partial charge in [0.2, 0.25) is 5.95 Å². The van der Waals surface area contributed by atoms with Crippen molar-refractivity contribution in [2.45, 2.75) is 12.5 Å². The minimum atomic E-state index is -0.428. The van der Waals surface area contributed by atoms with Gasteiger partial charge < -0.3 is 20.6 Å². The molecule has 4 aromatic rings. The summed E-state index contributed by atoms with van der Waals surface area (Å²) in [5.74, 6) is 1.31. The van der Waals surface area contributed by atoms with Gasteiger partial charge in [-0.3, -0.25) is 14.4 Å². The number of piperazine rings is 1. The van der Waals surface area contributed by atoms with Gasteiger partial charge in [-0.25, -0.2) is 4.98 Å². The van der Waals surface area contributed by atoms with E-state index in [2.05, 4.69) is 31.7 Å². The average Bonchev–Trinajstić information content (AvgIpc) is 3.34. The highest BCUT2D eigenvalue weighted by Gasteiger charge is 2.24. The monoisotopic (exact) mass is 497 g/mol. The Kier molecular flexibility index (Phi) is 6.57. The molecule has 0 unspecified atom stereocenters. The SMILES string of the molecule is CN(c1nc(C(=O)Nc2cc(O)cc3ccccc23)cc(N2CCN[C@@H](CC#N)C2)n1)c1ccnn1C. The highest BCUT2D eigenvalue weighted by molar-refractivity contribution is 6.09. The Labute approximate surface area is 214 Å². The Bertz CT molecular complexity index is 1490. The number of phenolic OH excluding ortho intramolecular Hbond substituents is 1. The molecule has 1 saturated heterocycles. The number of carbonyl (C=O) groups excluding carboxylic acids is 1. The number of aromatic nitrogens is 4. The third-order valence-electron chi connectivity index (χ3n) is 6.38. The quantitative estimate of drug-likeness (QED) is 0.367. The van der Waals surface area contributed by atoms with Crippen molar-refractivity contribution in [1.29, 1.82) is 5.26 Å². The molecule has 0 aliphatic carbocycles. The minimum Gasteiger partial charge on any atom is -0.508 e. The lowest BCUT2D eigenvalue weighted by Crippen LogP contribution is -2.51. The third-order valence-corrected chi connectivity index (χ3v) is 6.38. The highest BCUT2D eigenvalue weighted by atomic mass is 16.3. The second kappa shape index (κ2) is 10.1. The van der Waals surface area contributed by atoms with E-state index in [0.717, 1.165) is 16.6 Å². The zero-order chi connectivity index (χ0) is 25.9. The van der Waals surface area contributed by atoms with Crippen LogP contribution in [0.1, 0.15) is 16.9 Å². The van der Waals surface area contributed by atoms with Gasteiger partial charge >= 0.3 is 0 Å². The number of hydrogen-bond donors (Lipinski definition) is 3. The Hall–Kier alpha value is -4.69. The molecule has 11 heteroatoms. The van der Waals surface area contributed by atoms with Crippen molar-refractivity contribution in [2.24, 2.45) is 7.05 Å². The molecule has 0 radical (unpaired) electrons. The van der Waals surface area contributed by atoms with Crippen molar-refractivity contribution in [2.75, 3.05) is 41.8 Å². The van der Waals surface area contributed by atoms with Crippen LogP contribution in [-0.4, -0.2) is 63.5 Å². The number of anilines is 4. The van der Waals surface area contributed by atoms with E-state index in [1.165, 1.54) is 6.07 Å². The molecular formula is C26H27N9O2. The standard InChI is InChI=1S/C26H27N9O2/c1-33(24-8-10-29-34(24)2)26-31-22(15-23(32-26)35-12-11-28-18(16-35)7-9-27)25(37)30-21-14-19(36)13-17-5-3-4-6-20(17)21/h3-6,8,10,13-15,18,28,36H,7,11-12,16H2,1-2H3,(H,30,37)/t18-/m0/s1. The van der Waals surface area contributed by atoms with Crippen molar-refractivity contribution >= 4 is 40.0 Å². The predicted molar refractivity (Wildman–Crippen MR) is 141 cm³/mol. The summed E-state index contributed by atoms with van der Waals surface area (Å²) in [4.78, 5) is 26.7. The highest BCUT2D eigenvalue weighted by Crippen LogP contribution is 2.30. The second-order valence-electron chi connectivity index (χ2n) is 8.91. The van der Waals surface area contributed by atoms with Crippen LogP contribution < -0.4 is 20.4 Å². The molecule has 188 valence electrons. The molecule has 1 fully saturated rings. The number of aryl methyl sites for hydroxylation is 1. The lowest BCUT2D eigenvalue weighted by Gasteiger charge is -2.34. The van der Waals surface area contributed by atoms with E-state index in [9.17, 15) is 9.90 Å². The number of hydrogen-bond acceptors (Lipinski definition) is 9. The van der Waals surface area contributed by atoms with Crippen molar-refractivity contribution in [3.63, 3.8) is 0 Å². The van der Waals surface area contributed by atoms with Crippen molar-refractivity contribution in [3.05, 3.63) is 60.4 Å². The Morgan fingerprint density at radius 3 is 2.89 bits per heavy atom. The number of benzene rings is 2. The number of nitriles is 1. The normalized spacial score (nSPS) is 15.4. The van der Waals surface area contributed by atoms with Crippen LogP contribution in [0.25, 0.3) is 10.8 Å². The van der Waals surface area contributed by atoms with Crippen LogP contribution in [0.15, 0.2) is 54.7 Å². The summed E-state index contributed by atoms with van der Waals surface area (Å²) in [6.45, 7) is 1.95. The minimum absolute atomic E-state index is 0.00269. The summed E-state index contributed by atoms with van der Waals surface area (Å²) >= 11 is 0. The van der Waals surface area contributed by atoms with Gasteiger partial charge in [-0.05, 0) is 11.5 Å². The molecule has 0 saturated carbocycles. The molecule has 0 bridgehead atoms. The number of nitrogens with one attached hydrogen (secondary N) is 2. The number of carbonyl (C=O) groups is 1. The molecule has 37 heavy (non-hydrogen) atoms. The second-order valence-corrected chi connectivity index (χ2v) is 8.91. The first-order chi connectivity index (χ1) is 17.9. The molecule has 5 rings (SSSR count). The Morgan fingerprint density at radius 2 is 2.11 bits per heavy atom. The molecule has 3 heterocycles. The zero-order valence-electron chi connectivity index (χ0n) is 20.6. The molecule has 0 spiro atoms. The molecule has 2 aromatic carbocycles. The summed E-state index contributed by atoms with van der Waals surface area (Å²) in [5.41, 5.74) is 0.662. The van der Waals surface area contributed by atoms with E-state index < -0.39 is 5.91 Å². The summed E-state index contributed by atoms with van der Waals surface area (Å²) in [7, 11) is 3.63. The van der Waals surface area contributed by atoms with Crippen LogP contribution in [0.5, 0.6) is 5.75 Å². The fourth-order valence-electron chi connectivity index (χ4n) is 4.51. The summed E-state index contributed by atoms with van der Waals surface area (Å²) in [5, 5.41) is 31.4. The van der Waals surface area contributed by atoms with Crippen LogP contribution in [0.4, 0.5) is 23.3 Å². The fraction of sp³-hybridized carbons (Fsp3) is 0.269. The molecular weight excluding hydrogens is 470 g/mol. The van der Waals surface area contributed by atoms with Gasteiger partial charge in [0.1, 0.15) is 23.1 Å². The third kappa shape index (κ3) is 5.00. The molecule has 2 aromatic heterocycles. The maximum absolute atomic E-state index is 13.5. The van der Waals surface area contributed by atoms with Gasteiger partial charge in [-0.2, -0.15) is 15.3 Å². The van der Waals surface area contributed by atoms with Crippen LogP contribution in [-0.2, 0) is 7.05 Å². The summed E-state index contributed by atoms with van der Waals surface area (Å²) < 4.78 is 1.70. The molecule has 11 nitrogen and oxygen atoms in total. The lowest BCUT2D eigenvalue weighted by molar-refractivity contribution is 0.102. The van der Waals surface area contributed by atoms with E-state index in [0.29, 0.717) is 43.5 Å². The van der Waals surface area contributed by atoms with Crippen LogP contribution >= 0.6 is 0 Å². The number of aromatic hydroxyl groups is 1. The zero-order valence-corrected chi connectivity index (χ0v) is 20.6. The number of fused-ring (bicyclic) bond motifs is 1. The van der Waals surface area contributed by atoms with Crippen LogP contribution in [0.3, 0.4) is 0 Å². The molecule has 3 N–H and O–H groups in total. The first kappa shape index (κ1) is 24.0. The smallest absolute Gasteiger partial charge is 0.274 e. The molecule has 1 aliphatic heterocycles. The largest absolute Gasteiger partial charge is 0.508 e. The fourth-order valence-corrected chi connectivity index (χ4v) is 4.51. The van der Waals surface area contributed by atoms with Crippen LogP contribution in [0, 0.1) is 11.3 Å². The van der Waals surface area contributed by atoms with Crippen molar-refractivity contribution < 1.29 is 9.90 Å². The summed E-state index contributed by atoms with van der Waals surface area (Å²) in [6, 6.07) is 16.4. The number of nitrogens with zero attached hydrogens (tertiary/aromatic N) is 7. The maximum atomic E-state index is 13.5. The number of rotatable bonds is 6. The van der Waals surface area contributed by atoms with Gasteiger partial charge in [0.25, 0.3) is 5.91 Å². The average molecular weight is 498 g/mol. The van der Waals surface area contributed by atoms with E-state index in [4.69, 9.17) is 10.2 Å². The van der Waals surface area contributed by atoms with Crippen molar-refractivity contribution in [3.8, 4) is 11.8 Å². The summed E-state index contributed by atoms with van der Waals surface area (Å²) in [6.07, 6.45) is 2.06. The van der Waals surface area contributed by atoms with Gasteiger partial charge in [-0.1, -0.05) is 24.3 Å². The van der Waals surface area contributed by atoms with E-state index in [1.54, 1.807) is 27.9 Å². The van der Waals surface area contributed by atoms with Gasteiger partial charge in [0, 0.05) is 63.4 Å². The van der Waals surface area contributed by atoms with Crippen LogP contribution in [0.2, 0.25) is 0 Å².